The van der Waals surface area contributed by atoms with Crippen molar-refractivity contribution in [3.05, 3.63) is 72.9 Å². The van der Waals surface area contributed by atoms with Crippen LogP contribution in [0.1, 0.15) is 55.3 Å². The van der Waals surface area contributed by atoms with E-state index in [1.165, 1.54) is 44.9 Å². The molecule has 4 saturated carbocycles. The highest BCUT2D eigenvalue weighted by atomic mass is 16.4. The number of carboxylic acid groups (broad SMARTS) is 1. The van der Waals surface area contributed by atoms with E-state index < -0.39 is 5.97 Å². The summed E-state index contributed by atoms with van der Waals surface area (Å²) in [4.78, 5) is 21.4. The summed E-state index contributed by atoms with van der Waals surface area (Å²) in [6.07, 6.45) is 18.5. The molecule has 4 bridgehead atoms. The molecule has 0 saturated heterocycles. The average molecular weight is 561 g/mol. The Morgan fingerprint density at radius 2 is 1.79 bits per heavy atom. The van der Waals surface area contributed by atoms with Gasteiger partial charge in [0.1, 0.15) is 17.1 Å². The van der Waals surface area contributed by atoms with Crippen LogP contribution in [-0.2, 0) is 6.54 Å². The first-order valence-corrected chi connectivity index (χ1v) is 14.8. The van der Waals surface area contributed by atoms with Gasteiger partial charge in [-0.05, 0) is 85.6 Å². The predicted octanol–water partition coefficient (Wildman–Crippen LogP) is 6.10. The molecule has 212 valence electrons. The number of carboxylic acids is 1. The smallest absolute Gasteiger partial charge is 0.340 e. The van der Waals surface area contributed by atoms with Crippen molar-refractivity contribution in [2.24, 2.45) is 23.2 Å². The van der Waals surface area contributed by atoms with Gasteiger partial charge in [0.2, 0.25) is 0 Å². The third-order valence-electron chi connectivity index (χ3n) is 9.67. The van der Waals surface area contributed by atoms with Crippen LogP contribution < -0.4 is 5.32 Å². The Hall–Kier alpha value is -4.60. The van der Waals surface area contributed by atoms with Gasteiger partial charge in [0, 0.05) is 36.3 Å². The van der Waals surface area contributed by atoms with Crippen LogP contribution in [0, 0.1) is 23.2 Å². The maximum Gasteiger partial charge on any atom is 0.340 e. The molecule has 2 N–H and O–H groups in total. The minimum absolute atomic E-state index is 0.149. The number of nitrogens with zero attached hydrogens (tertiary/aromatic N) is 7. The molecular weight excluding hydrogens is 528 g/mol. The van der Waals surface area contributed by atoms with Gasteiger partial charge in [-0.25, -0.2) is 14.8 Å². The Morgan fingerprint density at radius 1 is 0.952 bits per heavy atom. The lowest BCUT2D eigenvalue weighted by molar-refractivity contribution is 0.0174. The Morgan fingerprint density at radius 3 is 2.52 bits per heavy atom. The van der Waals surface area contributed by atoms with E-state index >= 15 is 0 Å². The SMILES string of the molecule is O=C(O)c1c(-c2cnn(CC34CC5CCC(CC(C5)C3)C4)c2)ccn2c(-c3ccc(Nc4ccccn4)nn3)cnc12. The zero-order chi connectivity index (χ0) is 28.3. The maximum absolute atomic E-state index is 12.6. The molecule has 0 aliphatic heterocycles. The topological polar surface area (TPSA) is 123 Å². The fourth-order valence-electron chi connectivity index (χ4n) is 8.29. The van der Waals surface area contributed by atoms with Crippen molar-refractivity contribution in [1.29, 1.82) is 0 Å². The van der Waals surface area contributed by atoms with Crippen molar-refractivity contribution >= 4 is 23.3 Å². The first-order chi connectivity index (χ1) is 20.5. The molecular formula is C32H32N8O2. The largest absolute Gasteiger partial charge is 0.478 e. The van der Waals surface area contributed by atoms with Crippen molar-refractivity contribution in [1.82, 2.24) is 34.3 Å². The van der Waals surface area contributed by atoms with Crippen molar-refractivity contribution in [2.75, 3.05) is 5.32 Å². The standard InChI is InChI=1S/C32H32N8O2/c41-31(42)29-24(23-16-35-39(18-23)19-32-13-20-4-5-21(14-32)12-22(11-20)15-32)8-10-40-26(17-34-30(29)40)25-6-7-28(38-37-25)36-27-3-1-2-9-33-27/h1-3,6-10,16-18,20-22H,4-5,11-15,19H2,(H,41,42)(H,33,36,38). The van der Waals surface area contributed by atoms with E-state index in [-0.39, 0.29) is 5.56 Å². The summed E-state index contributed by atoms with van der Waals surface area (Å²) in [7, 11) is 0. The highest BCUT2D eigenvalue weighted by Crippen LogP contribution is 2.58. The van der Waals surface area contributed by atoms with Gasteiger partial charge in [0.15, 0.2) is 11.5 Å². The second-order valence-corrected chi connectivity index (χ2v) is 12.6. The van der Waals surface area contributed by atoms with E-state index in [2.05, 4.69) is 30.2 Å². The Labute approximate surface area is 242 Å². The van der Waals surface area contributed by atoms with Crippen molar-refractivity contribution in [3.8, 4) is 22.5 Å². The van der Waals surface area contributed by atoms with E-state index in [1.54, 1.807) is 23.0 Å². The van der Waals surface area contributed by atoms with Gasteiger partial charge in [-0.2, -0.15) is 5.10 Å². The van der Waals surface area contributed by atoms with Gasteiger partial charge in [-0.1, -0.05) is 18.9 Å². The zero-order valence-electron chi connectivity index (χ0n) is 23.2. The zero-order valence-corrected chi connectivity index (χ0v) is 23.2. The molecule has 0 spiro atoms. The molecule has 9 rings (SSSR count). The summed E-state index contributed by atoms with van der Waals surface area (Å²) in [5, 5.41) is 26.8. The Balaban J connectivity index is 1.08. The van der Waals surface area contributed by atoms with Crippen LogP contribution in [0.4, 0.5) is 11.6 Å². The van der Waals surface area contributed by atoms with Crippen LogP contribution in [0.15, 0.2) is 67.4 Å². The van der Waals surface area contributed by atoms with Crippen LogP contribution in [0.5, 0.6) is 0 Å². The normalized spacial score (nSPS) is 24.6. The van der Waals surface area contributed by atoms with E-state index in [0.29, 0.717) is 39.6 Å². The van der Waals surface area contributed by atoms with Gasteiger partial charge >= 0.3 is 5.97 Å². The summed E-state index contributed by atoms with van der Waals surface area (Å²) in [6.45, 7) is 0.915. The first kappa shape index (κ1) is 25.1. The molecule has 10 nitrogen and oxygen atoms in total. The molecule has 5 heterocycles. The quantitative estimate of drug-likeness (QED) is 0.245. The summed E-state index contributed by atoms with van der Waals surface area (Å²) >= 11 is 0. The number of carbonyl (C=O) groups is 1. The molecule has 0 aromatic carbocycles. The third kappa shape index (κ3) is 4.42. The van der Waals surface area contributed by atoms with Gasteiger partial charge in [-0.15, -0.1) is 10.2 Å². The fraction of sp³-hybridized carbons (Fsp3) is 0.375. The highest BCUT2D eigenvalue weighted by molar-refractivity contribution is 6.02. The number of anilines is 2. The summed E-state index contributed by atoms with van der Waals surface area (Å²) in [5.74, 6) is 2.79. The number of aromatic nitrogens is 7. The number of nitrogens with one attached hydrogen (secondary N) is 1. The second-order valence-electron chi connectivity index (χ2n) is 12.6. The minimum atomic E-state index is -1.03. The second kappa shape index (κ2) is 9.75. The van der Waals surface area contributed by atoms with Crippen molar-refractivity contribution in [3.63, 3.8) is 0 Å². The predicted molar refractivity (Wildman–Crippen MR) is 157 cm³/mol. The van der Waals surface area contributed by atoms with Gasteiger partial charge in [-0.3, -0.25) is 9.08 Å². The third-order valence-corrected chi connectivity index (χ3v) is 9.67. The summed E-state index contributed by atoms with van der Waals surface area (Å²) < 4.78 is 3.82. The lowest BCUT2D eigenvalue weighted by Gasteiger charge is -2.48. The number of imidazole rings is 1. The molecule has 42 heavy (non-hydrogen) atoms. The number of hydrogen-bond acceptors (Lipinski definition) is 7. The van der Waals surface area contributed by atoms with E-state index in [0.717, 1.165) is 29.9 Å². The molecule has 5 aromatic heterocycles. The summed E-state index contributed by atoms with van der Waals surface area (Å²) in [5.41, 5.74) is 3.49. The summed E-state index contributed by atoms with van der Waals surface area (Å²) in [6, 6.07) is 11.1. The monoisotopic (exact) mass is 560 g/mol. The number of pyridine rings is 2. The molecule has 2 atom stereocenters. The van der Waals surface area contributed by atoms with Gasteiger partial charge in [0.05, 0.1) is 18.1 Å². The maximum atomic E-state index is 12.6. The molecule has 10 heteroatoms. The van der Waals surface area contributed by atoms with Crippen molar-refractivity contribution < 1.29 is 9.90 Å². The lowest BCUT2D eigenvalue weighted by atomic mass is 9.58. The molecule has 2 unspecified atom stereocenters. The van der Waals surface area contributed by atoms with Crippen LogP contribution in [-0.4, -0.2) is 45.4 Å². The first-order valence-electron chi connectivity index (χ1n) is 14.8. The van der Waals surface area contributed by atoms with Crippen LogP contribution >= 0.6 is 0 Å². The van der Waals surface area contributed by atoms with E-state index in [1.807, 2.05) is 48.8 Å². The fourth-order valence-corrected chi connectivity index (χ4v) is 8.29. The molecule has 4 aliphatic rings. The number of rotatable bonds is 7. The number of aromatic carboxylic acids is 1. The average Bonchev–Trinajstić information content (AvgIpc) is 3.57. The van der Waals surface area contributed by atoms with Gasteiger partial charge in [0.25, 0.3) is 0 Å². The molecule has 5 aromatic rings. The molecule has 0 amide bonds. The van der Waals surface area contributed by atoms with E-state index in [4.69, 9.17) is 5.10 Å². The number of fused-ring (bicyclic) bond motifs is 2. The Bertz CT molecular complexity index is 1760. The molecule has 4 fully saturated rings. The van der Waals surface area contributed by atoms with Crippen LogP contribution in [0.25, 0.3) is 28.2 Å². The number of hydrogen-bond donors (Lipinski definition) is 2. The lowest BCUT2D eigenvalue weighted by Crippen LogP contribution is -2.40. The minimum Gasteiger partial charge on any atom is -0.478 e. The molecule has 4 aliphatic carbocycles. The van der Waals surface area contributed by atoms with Crippen molar-refractivity contribution in [2.45, 2.75) is 51.5 Å². The highest BCUT2D eigenvalue weighted by Gasteiger charge is 2.48. The van der Waals surface area contributed by atoms with Crippen LogP contribution in [0.3, 0.4) is 0 Å². The Kier molecular flexibility index (Phi) is 5.84. The van der Waals surface area contributed by atoms with Gasteiger partial charge < -0.3 is 10.4 Å². The van der Waals surface area contributed by atoms with E-state index in [9.17, 15) is 9.90 Å². The van der Waals surface area contributed by atoms with Crippen LogP contribution in [0.2, 0.25) is 0 Å². The molecule has 0 radical (unpaired) electrons.